The topological polar surface area (TPSA) is 84.7 Å². The van der Waals surface area contributed by atoms with Gasteiger partial charge in [-0.3, -0.25) is 10.1 Å². The summed E-state index contributed by atoms with van der Waals surface area (Å²) in [5, 5.41) is 15.1. The zero-order valence-corrected chi connectivity index (χ0v) is 15.4. The summed E-state index contributed by atoms with van der Waals surface area (Å²) in [5.41, 5.74) is 2.06. The number of carbonyl (C=O) groups excluding carboxylic acids is 1. The maximum absolute atomic E-state index is 12.5. The van der Waals surface area contributed by atoms with Crippen molar-refractivity contribution < 1.29 is 4.79 Å². The Kier molecular flexibility index (Phi) is 5.31. The fraction of sp³-hybridized carbons (Fsp3) is 0.375. The number of hydrogen-bond acceptors (Lipinski definition) is 6. The van der Waals surface area contributed by atoms with Gasteiger partial charge in [0.05, 0.1) is 22.0 Å². The van der Waals surface area contributed by atoms with Crippen LogP contribution in [0.25, 0.3) is 10.2 Å². The predicted octanol–water partition coefficient (Wildman–Crippen LogP) is 2.79. The minimum atomic E-state index is -0.258. The van der Waals surface area contributed by atoms with Crippen LogP contribution in [0.4, 0.5) is 5.13 Å². The first-order valence-corrected chi connectivity index (χ1v) is 8.83. The number of amides is 1. The van der Waals surface area contributed by atoms with E-state index in [0.29, 0.717) is 16.9 Å². The summed E-state index contributed by atoms with van der Waals surface area (Å²) in [6.07, 6.45) is 2.01. The van der Waals surface area contributed by atoms with Gasteiger partial charge in [0.25, 0.3) is 5.91 Å². The molecule has 1 saturated heterocycles. The molecule has 2 N–H and O–H groups in total. The third kappa shape index (κ3) is 3.51. The minimum Gasteiger partial charge on any atom is -0.317 e. The van der Waals surface area contributed by atoms with Crippen molar-refractivity contribution in [3.63, 3.8) is 0 Å². The molecule has 25 heavy (non-hydrogen) atoms. The predicted molar refractivity (Wildman–Crippen MR) is 101 cm³/mol. The van der Waals surface area contributed by atoms with Gasteiger partial charge in [0.2, 0.25) is 0 Å². The van der Waals surface area contributed by atoms with Gasteiger partial charge in [0, 0.05) is 0 Å². The smallest absolute Gasteiger partial charge is 0.279 e. The first-order chi connectivity index (χ1) is 11.7. The molecule has 2 aromatic heterocycles. The summed E-state index contributed by atoms with van der Waals surface area (Å²) < 4.78 is 2.93. The van der Waals surface area contributed by atoms with E-state index in [0.717, 1.165) is 41.8 Å². The monoisotopic (exact) mass is 378 g/mol. The van der Waals surface area contributed by atoms with Gasteiger partial charge in [0.1, 0.15) is 0 Å². The van der Waals surface area contributed by atoms with Gasteiger partial charge in [-0.2, -0.15) is 0 Å². The summed E-state index contributed by atoms with van der Waals surface area (Å²) in [7, 11) is 0. The van der Waals surface area contributed by atoms with Crippen molar-refractivity contribution in [2.45, 2.75) is 25.8 Å². The molecule has 7 nitrogen and oxygen atoms in total. The fourth-order valence-corrected chi connectivity index (χ4v) is 3.89. The van der Waals surface area contributed by atoms with Crippen molar-refractivity contribution in [2.75, 3.05) is 18.4 Å². The second kappa shape index (κ2) is 7.47. The van der Waals surface area contributed by atoms with Gasteiger partial charge in [-0.25, -0.2) is 9.67 Å². The highest BCUT2D eigenvalue weighted by Crippen LogP contribution is 2.26. The highest BCUT2D eigenvalue weighted by Gasteiger charge is 2.23. The normalized spacial score (nSPS) is 15.1. The van der Waals surface area contributed by atoms with E-state index in [-0.39, 0.29) is 18.3 Å². The standard InChI is InChI=1S/C16H18N6OS.ClH/c1-10-14(20-21-22(10)11-6-8-17-9-7-11)15(23)19-16-18-12-4-2-3-5-13(12)24-16;/h2-5,11,17H,6-9H2,1H3,(H,18,19,23);1H. The van der Waals surface area contributed by atoms with Crippen LogP contribution in [0, 0.1) is 6.92 Å². The molecule has 0 radical (unpaired) electrons. The van der Waals surface area contributed by atoms with Crippen LogP contribution in [-0.2, 0) is 0 Å². The molecule has 0 bridgehead atoms. The molecule has 0 aliphatic carbocycles. The second-order valence-corrected chi connectivity index (χ2v) is 6.92. The Morgan fingerprint density at radius 3 is 2.84 bits per heavy atom. The van der Waals surface area contributed by atoms with Crippen molar-refractivity contribution in [3.8, 4) is 0 Å². The maximum atomic E-state index is 12.5. The van der Waals surface area contributed by atoms with Crippen LogP contribution in [0.15, 0.2) is 24.3 Å². The van der Waals surface area contributed by atoms with Crippen molar-refractivity contribution in [1.29, 1.82) is 0 Å². The molecule has 0 atom stereocenters. The number of thiazole rings is 1. The summed E-state index contributed by atoms with van der Waals surface area (Å²) in [4.78, 5) is 17.0. The lowest BCUT2D eigenvalue weighted by Crippen LogP contribution is -2.30. The number of nitrogens with one attached hydrogen (secondary N) is 2. The first kappa shape index (κ1) is 17.8. The van der Waals surface area contributed by atoms with E-state index in [1.54, 1.807) is 0 Å². The van der Waals surface area contributed by atoms with Gasteiger partial charge in [0.15, 0.2) is 10.8 Å². The van der Waals surface area contributed by atoms with Crippen molar-refractivity contribution in [1.82, 2.24) is 25.3 Å². The molecule has 3 aromatic rings. The third-order valence-corrected chi connectivity index (χ3v) is 5.26. The molecule has 1 amide bonds. The fourth-order valence-electron chi connectivity index (χ4n) is 3.03. The Morgan fingerprint density at radius 1 is 1.32 bits per heavy atom. The molecule has 1 fully saturated rings. The zero-order valence-electron chi connectivity index (χ0n) is 13.7. The van der Waals surface area contributed by atoms with Crippen LogP contribution in [0.5, 0.6) is 0 Å². The molecule has 0 unspecified atom stereocenters. The van der Waals surface area contributed by atoms with Gasteiger partial charge < -0.3 is 5.32 Å². The minimum absolute atomic E-state index is 0. The Balaban J connectivity index is 0.00000182. The third-order valence-electron chi connectivity index (χ3n) is 4.31. The Morgan fingerprint density at radius 2 is 2.08 bits per heavy atom. The lowest BCUT2D eigenvalue weighted by molar-refractivity contribution is 0.102. The summed E-state index contributed by atoms with van der Waals surface area (Å²) >= 11 is 1.45. The molecule has 4 rings (SSSR count). The number of aromatic nitrogens is 4. The molecule has 0 saturated carbocycles. The number of fused-ring (bicyclic) bond motifs is 1. The van der Waals surface area contributed by atoms with Crippen LogP contribution in [0.1, 0.15) is 35.1 Å². The highest BCUT2D eigenvalue weighted by atomic mass is 35.5. The second-order valence-electron chi connectivity index (χ2n) is 5.89. The molecule has 3 heterocycles. The number of benzene rings is 1. The molecule has 132 valence electrons. The van der Waals surface area contributed by atoms with E-state index >= 15 is 0 Å². The Bertz CT molecular complexity index is 853. The molecule has 0 spiro atoms. The first-order valence-electron chi connectivity index (χ1n) is 8.02. The summed E-state index contributed by atoms with van der Waals surface area (Å²) in [6, 6.07) is 8.12. The Labute approximate surface area is 155 Å². The molecule has 9 heteroatoms. The quantitative estimate of drug-likeness (QED) is 0.732. The van der Waals surface area contributed by atoms with Crippen LogP contribution in [0.3, 0.4) is 0 Å². The van der Waals surface area contributed by atoms with Crippen molar-refractivity contribution in [2.24, 2.45) is 0 Å². The van der Waals surface area contributed by atoms with E-state index < -0.39 is 0 Å². The lowest BCUT2D eigenvalue weighted by Gasteiger charge is -2.23. The van der Waals surface area contributed by atoms with Gasteiger partial charge in [-0.15, -0.1) is 17.5 Å². The maximum Gasteiger partial charge on any atom is 0.279 e. The van der Waals surface area contributed by atoms with E-state index in [9.17, 15) is 4.79 Å². The molecule has 1 aliphatic heterocycles. The summed E-state index contributed by atoms with van der Waals surface area (Å²) in [6.45, 7) is 3.84. The number of carbonyl (C=O) groups is 1. The van der Waals surface area contributed by atoms with Crippen LogP contribution in [-0.4, -0.2) is 39.0 Å². The van der Waals surface area contributed by atoms with E-state index in [1.165, 1.54) is 11.3 Å². The van der Waals surface area contributed by atoms with Crippen LogP contribution in [0.2, 0.25) is 0 Å². The number of para-hydroxylation sites is 1. The number of halogens is 1. The van der Waals surface area contributed by atoms with Gasteiger partial charge in [-0.05, 0) is 45.0 Å². The van der Waals surface area contributed by atoms with Gasteiger partial charge >= 0.3 is 0 Å². The van der Waals surface area contributed by atoms with Crippen molar-refractivity contribution in [3.05, 3.63) is 35.7 Å². The van der Waals surface area contributed by atoms with E-state index in [4.69, 9.17) is 0 Å². The molecular formula is C16H19ClN6OS. The zero-order chi connectivity index (χ0) is 16.5. The van der Waals surface area contributed by atoms with Crippen molar-refractivity contribution >= 4 is 45.0 Å². The Hall–Kier alpha value is -2.03. The number of hydrogen-bond donors (Lipinski definition) is 2. The van der Waals surface area contributed by atoms with Gasteiger partial charge in [-0.1, -0.05) is 28.7 Å². The number of piperidine rings is 1. The highest BCUT2D eigenvalue weighted by molar-refractivity contribution is 7.22. The molecule has 1 aromatic carbocycles. The van der Waals surface area contributed by atoms with Crippen LogP contribution >= 0.6 is 23.7 Å². The molecular weight excluding hydrogens is 360 g/mol. The van der Waals surface area contributed by atoms with E-state index in [2.05, 4.69) is 25.9 Å². The summed E-state index contributed by atoms with van der Waals surface area (Å²) in [5.74, 6) is -0.258. The number of anilines is 1. The lowest BCUT2D eigenvalue weighted by atomic mass is 10.1. The largest absolute Gasteiger partial charge is 0.317 e. The average Bonchev–Trinajstić information content (AvgIpc) is 3.18. The average molecular weight is 379 g/mol. The SMILES string of the molecule is Cc1c(C(=O)Nc2nc3ccccc3s2)nnn1C1CCNCC1.Cl. The number of nitrogens with zero attached hydrogens (tertiary/aromatic N) is 4. The number of rotatable bonds is 3. The molecule has 1 aliphatic rings. The van der Waals surface area contributed by atoms with E-state index in [1.807, 2.05) is 35.9 Å². The van der Waals surface area contributed by atoms with Crippen LogP contribution < -0.4 is 10.6 Å².